The molecule has 9 heteroatoms. The normalized spacial score (nSPS) is 14.9. The summed E-state index contributed by atoms with van der Waals surface area (Å²) in [7, 11) is -1.94. The van der Waals surface area contributed by atoms with E-state index in [0.29, 0.717) is 42.8 Å². The van der Waals surface area contributed by atoms with E-state index in [4.69, 9.17) is 9.72 Å². The smallest absolute Gasteiger partial charge is 0.243 e. The predicted molar refractivity (Wildman–Crippen MR) is 139 cm³/mol. The van der Waals surface area contributed by atoms with Gasteiger partial charge in [0.15, 0.2) is 0 Å². The van der Waals surface area contributed by atoms with E-state index in [1.807, 2.05) is 67.3 Å². The lowest BCUT2D eigenvalue weighted by molar-refractivity contribution is 0.382. The van der Waals surface area contributed by atoms with Crippen LogP contribution in [0.25, 0.3) is 0 Å². The minimum atomic E-state index is -3.57. The topological polar surface area (TPSA) is 87.7 Å². The number of hydrogen-bond donors (Lipinski definition) is 1. The second-order valence-electron chi connectivity index (χ2n) is 9.12. The molecule has 1 aliphatic rings. The number of ether oxygens (including phenoxy) is 1. The molecule has 0 amide bonds. The Morgan fingerprint density at radius 3 is 2.26 bits per heavy atom. The van der Waals surface area contributed by atoms with E-state index in [0.717, 1.165) is 28.3 Å². The first kappa shape index (κ1) is 24.9. The van der Waals surface area contributed by atoms with Crippen LogP contribution in [-0.4, -0.2) is 56.0 Å². The summed E-state index contributed by atoms with van der Waals surface area (Å²) in [6, 6.07) is 15.2. The molecule has 2 heterocycles. The average molecular weight is 496 g/mol. The van der Waals surface area contributed by atoms with Crippen molar-refractivity contribution in [3.8, 4) is 5.75 Å². The highest BCUT2D eigenvalue weighted by atomic mass is 32.2. The molecule has 1 fully saturated rings. The van der Waals surface area contributed by atoms with Crippen LogP contribution in [0, 0.1) is 13.8 Å². The Balaban J connectivity index is 1.48. The molecule has 0 atom stereocenters. The maximum Gasteiger partial charge on any atom is 0.243 e. The number of nitrogens with one attached hydrogen (secondary N) is 1. The van der Waals surface area contributed by atoms with E-state index < -0.39 is 10.0 Å². The highest BCUT2D eigenvalue weighted by Gasteiger charge is 2.31. The fourth-order valence-electron chi connectivity index (χ4n) is 4.10. The number of anilines is 3. The Labute approximate surface area is 208 Å². The molecule has 0 saturated carbocycles. The van der Waals surface area contributed by atoms with Gasteiger partial charge in [0.05, 0.1) is 12.0 Å². The van der Waals surface area contributed by atoms with E-state index in [2.05, 4.69) is 24.1 Å². The molecule has 0 radical (unpaired) electrons. The van der Waals surface area contributed by atoms with Gasteiger partial charge in [-0.15, -0.1) is 0 Å². The van der Waals surface area contributed by atoms with Gasteiger partial charge in [-0.25, -0.2) is 13.4 Å². The van der Waals surface area contributed by atoms with Crippen LogP contribution in [-0.2, 0) is 10.0 Å². The van der Waals surface area contributed by atoms with Gasteiger partial charge in [-0.3, -0.25) is 0 Å². The number of benzene rings is 2. The quantitative estimate of drug-likeness (QED) is 0.517. The Kier molecular flexibility index (Phi) is 7.28. The van der Waals surface area contributed by atoms with Crippen molar-refractivity contribution in [2.24, 2.45) is 0 Å². The molecule has 8 nitrogen and oxygen atoms in total. The second-order valence-corrected chi connectivity index (χ2v) is 11.0. The predicted octanol–water partition coefficient (Wildman–Crippen LogP) is 4.48. The van der Waals surface area contributed by atoms with Gasteiger partial charge in [0.25, 0.3) is 0 Å². The zero-order valence-electron chi connectivity index (χ0n) is 20.9. The summed E-state index contributed by atoms with van der Waals surface area (Å²) >= 11 is 0. The first-order valence-corrected chi connectivity index (χ1v) is 13.2. The van der Waals surface area contributed by atoms with Crippen LogP contribution < -0.4 is 15.0 Å². The molecule has 1 N–H and O–H groups in total. The largest absolute Gasteiger partial charge is 0.497 e. The van der Waals surface area contributed by atoms with E-state index in [-0.39, 0.29) is 5.92 Å². The maximum absolute atomic E-state index is 13.4. The van der Waals surface area contributed by atoms with E-state index in [9.17, 15) is 8.42 Å². The van der Waals surface area contributed by atoms with Crippen molar-refractivity contribution in [3.05, 3.63) is 65.4 Å². The molecular weight excluding hydrogens is 462 g/mol. The molecule has 3 aromatic rings. The monoisotopic (exact) mass is 495 g/mol. The lowest BCUT2D eigenvalue weighted by Gasteiger charge is -2.34. The molecule has 0 spiro atoms. The fraction of sp³-hybridized carbons (Fsp3) is 0.385. The summed E-state index contributed by atoms with van der Waals surface area (Å²) in [5, 5.41) is 3.31. The van der Waals surface area contributed by atoms with E-state index in [1.54, 1.807) is 11.4 Å². The summed E-state index contributed by atoms with van der Waals surface area (Å²) in [4.78, 5) is 11.7. The van der Waals surface area contributed by atoms with E-state index in [1.165, 1.54) is 0 Å². The Bertz CT molecular complexity index is 1280. The Hall–Kier alpha value is -3.17. The third kappa shape index (κ3) is 5.57. The van der Waals surface area contributed by atoms with Crippen LogP contribution >= 0.6 is 0 Å². The third-order valence-electron chi connectivity index (χ3n) is 6.22. The molecule has 1 saturated heterocycles. The van der Waals surface area contributed by atoms with Crippen LogP contribution in [0.15, 0.2) is 53.4 Å². The van der Waals surface area contributed by atoms with Crippen LogP contribution in [0.3, 0.4) is 0 Å². The van der Waals surface area contributed by atoms with Gasteiger partial charge in [-0.2, -0.15) is 9.29 Å². The van der Waals surface area contributed by atoms with Crippen LogP contribution in [0.2, 0.25) is 0 Å². The van der Waals surface area contributed by atoms with Crippen molar-refractivity contribution in [2.45, 2.75) is 38.5 Å². The van der Waals surface area contributed by atoms with Crippen molar-refractivity contribution < 1.29 is 13.2 Å². The van der Waals surface area contributed by atoms with Crippen LogP contribution in [0.4, 0.5) is 17.5 Å². The summed E-state index contributed by atoms with van der Waals surface area (Å²) < 4.78 is 33.7. The molecule has 1 aromatic heterocycles. The highest BCUT2D eigenvalue weighted by molar-refractivity contribution is 7.89. The van der Waals surface area contributed by atoms with Gasteiger partial charge < -0.3 is 15.0 Å². The fourth-order valence-corrected chi connectivity index (χ4v) is 5.78. The van der Waals surface area contributed by atoms with Crippen LogP contribution in [0.5, 0.6) is 5.75 Å². The summed E-state index contributed by atoms with van der Waals surface area (Å²) in [5.41, 5.74) is 3.53. The minimum absolute atomic E-state index is 0.264. The summed E-state index contributed by atoms with van der Waals surface area (Å²) in [6.07, 6.45) is 0. The minimum Gasteiger partial charge on any atom is -0.497 e. The number of sulfonamides is 1. The number of aryl methyl sites for hydroxylation is 2. The number of rotatable bonds is 7. The number of aromatic nitrogens is 2. The molecule has 186 valence electrons. The van der Waals surface area contributed by atoms with Gasteiger partial charge in [0, 0.05) is 43.6 Å². The molecule has 2 aromatic carbocycles. The standard InChI is InChI=1S/C26H33N5O3S/c1-18(2)21-7-6-19(3)24(17-21)35(32,33)31-14-12-30(13-15-31)26-27-20(4)16-25(29-26)28-22-8-10-23(34-5)11-9-22/h6-11,16-18H,12-15H2,1-5H3,(H,27,28,29). The zero-order valence-corrected chi connectivity index (χ0v) is 21.8. The third-order valence-corrected chi connectivity index (χ3v) is 8.26. The number of hydrogen-bond acceptors (Lipinski definition) is 7. The van der Waals surface area contributed by atoms with Crippen molar-refractivity contribution in [1.82, 2.24) is 14.3 Å². The van der Waals surface area contributed by atoms with Gasteiger partial charge in [0.2, 0.25) is 16.0 Å². The van der Waals surface area contributed by atoms with Gasteiger partial charge in [-0.1, -0.05) is 26.0 Å². The lowest BCUT2D eigenvalue weighted by Crippen LogP contribution is -2.49. The van der Waals surface area contributed by atoms with Crippen molar-refractivity contribution >= 4 is 27.5 Å². The number of nitrogens with zero attached hydrogens (tertiary/aromatic N) is 4. The zero-order chi connectivity index (χ0) is 25.2. The molecule has 0 aliphatic carbocycles. The van der Waals surface area contributed by atoms with Gasteiger partial charge in [0.1, 0.15) is 11.6 Å². The van der Waals surface area contributed by atoms with E-state index >= 15 is 0 Å². The number of piperazine rings is 1. The van der Waals surface area contributed by atoms with Gasteiger partial charge in [-0.05, 0) is 61.2 Å². The molecule has 1 aliphatic heterocycles. The SMILES string of the molecule is COc1ccc(Nc2cc(C)nc(N3CCN(S(=O)(=O)c4cc(C(C)C)ccc4C)CC3)n2)cc1. The molecule has 4 rings (SSSR count). The average Bonchev–Trinajstić information content (AvgIpc) is 2.84. The maximum atomic E-state index is 13.4. The summed E-state index contributed by atoms with van der Waals surface area (Å²) in [6.45, 7) is 9.72. The first-order valence-electron chi connectivity index (χ1n) is 11.8. The Morgan fingerprint density at radius 1 is 0.943 bits per heavy atom. The second kappa shape index (κ2) is 10.2. The Morgan fingerprint density at radius 2 is 1.63 bits per heavy atom. The molecule has 0 bridgehead atoms. The summed E-state index contributed by atoms with van der Waals surface area (Å²) in [5.74, 6) is 2.33. The number of methoxy groups -OCH3 is 1. The first-order chi connectivity index (χ1) is 16.7. The van der Waals surface area contributed by atoms with Crippen molar-refractivity contribution in [3.63, 3.8) is 0 Å². The molecule has 35 heavy (non-hydrogen) atoms. The van der Waals surface area contributed by atoms with Gasteiger partial charge >= 0.3 is 0 Å². The lowest BCUT2D eigenvalue weighted by atomic mass is 10.0. The van der Waals surface area contributed by atoms with Crippen molar-refractivity contribution in [1.29, 1.82) is 0 Å². The highest BCUT2D eigenvalue weighted by Crippen LogP contribution is 2.27. The van der Waals surface area contributed by atoms with Crippen molar-refractivity contribution in [2.75, 3.05) is 43.5 Å². The molecule has 0 unspecified atom stereocenters. The molecular formula is C26H33N5O3S. The van der Waals surface area contributed by atoms with Crippen LogP contribution in [0.1, 0.15) is 36.6 Å².